The maximum atomic E-state index is 6.50. The zero-order valence-corrected chi connectivity index (χ0v) is 32.7. The predicted molar refractivity (Wildman–Crippen MR) is 246 cm³/mol. The van der Waals surface area contributed by atoms with Crippen LogP contribution in [-0.2, 0) is 0 Å². The lowest BCUT2D eigenvalue weighted by Gasteiger charge is -2.29. The number of para-hydroxylation sites is 4. The fourth-order valence-electron chi connectivity index (χ4n) is 8.07. The standard InChI is InChI=1S/C54H36N2O2S/c1-5-15-37(16-6-1)39-31-40(38-17-7-2-8-18-38)33-46(32-39)56(45-25-28-51-52(36-45)58-50-24-14-13-23-49(50)57-51)44-27-30-54-48(35-44)47-34-43(26-29-53(47)59-54)55(41-19-9-3-10-20-41)42-21-11-4-12-22-42/h1-36H. The first-order valence-corrected chi connectivity index (χ1v) is 20.5. The quantitative estimate of drug-likeness (QED) is 0.153. The van der Waals surface area contributed by atoms with Crippen LogP contribution < -0.4 is 19.3 Å². The minimum absolute atomic E-state index is 0.669. The van der Waals surface area contributed by atoms with Gasteiger partial charge in [-0.05, 0) is 125 Å². The number of anilines is 6. The highest BCUT2D eigenvalue weighted by Gasteiger charge is 2.23. The summed E-state index contributed by atoms with van der Waals surface area (Å²) in [6, 6.07) is 77.0. The molecule has 10 aromatic rings. The number of hydrogen-bond acceptors (Lipinski definition) is 5. The van der Waals surface area contributed by atoms with Crippen molar-refractivity contribution < 1.29 is 9.47 Å². The van der Waals surface area contributed by atoms with Crippen LogP contribution in [0.3, 0.4) is 0 Å². The molecule has 0 radical (unpaired) electrons. The Bertz CT molecular complexity index is 3020. The van der Waals surface area contributed by atoms with Crippen molar-refractivity contribution in [2.75, 3.05) is 9.80 Å². The summed E-state index contributed by atoms with van der Waals surface area (Å²) in [5.41, 5.74) is 10.9. The lowest BCUT2D eigenvalue weighted by atomic mass is 9.97. The summed E-state index contributed by atoms with van der Waals surface area (Å²) in [4.78, 5) is 4.67. The first-order valence-electron chi connectivity index (χ1n) is 19.7. The molecule has 0 saturated carbocycles. The van der Waals surface area contributed by atoms with Gasteiger partial charge in [-0.3, -0.25) is 0 Å². The summed E-state index contributed by atoms with van der Waals surface area (Å²) >= 11 is 1.82. The van der Waals surface area contributed by atoms with Crippen molar-refractivity contribution in [1.29, 1.82) is 0 Å². The lowest BCUT2D eigenvalue weighted by Crippen LogP contribution is -2.11. The van der Waals surface area contributed by atoms with Crippen molar-refractivity contribution >= 4 is 65.6 Å². The highest BCUT2D eigenvalue weighted by molar-refractivity contribution is 7.25. The van der Waals surface area contributed by atoms with Crippen LogP contribution in [0.1, 0.15) is 0 Å². The van der Waals surface area contributed by atoms with Crippen LogP contribution in [0.4, 0.5) is 34.1 Å². The molecule has 0 aliphatic carbocycles. The molecule has 0 unspecified atom stereocenters. The molecule has 9 aromatic carbocycles. The van der Waals surface area contributed by atoms with E-state index in [4.69, 9.17) is 9.47 Å². The molecule has 0 atom stereocenters. The van der Waals surface area contributed by atoms with Gasteiger partial charge < -0.3 is 19.3 Å². The average molecular weight is 777 g/mol. The molecule has 5 heteroatoms. The van der Waals surface area contributed by atoms with E-state index in [2.05, 4.69) is 198 Å². The van der Waals surface area contributed by atoms with Gasteiger partial charge in [0, 0.05) is 54.7 Å². The molecule has 1 aliphatic rings. The van der Waals surface area contributed by atoms with Crippen LogP contribution in [0.25, 0.3) is 42.4 Å². The minimum Gasteiger partial charge on any atom is -0.450 e. The second-order valence-electron chi connectivity index (χ2n) is 14.6. The minimum atomic E-state index is 0.669. The van der Waals surface area contributed by atoms with Crippen molar-refractivity contribution in [3.05, 3.63) is 218 Å². The van der Waals surface area contributed by atoms with E-state index in [-0.39, 0.29) is 0 Å². The Morgan fingerprint density at radius 2 is 0.678 bits per heavy atom. The van der Waals surface area contributed by atoms with Gasteiger partial charge in [-0.15, -0.1) is 11.3 Å². The second kappa shape index (κ2) is 14.7. The van der Waals surface area contributed by atoms with Crippen LogP contribution in [-0.4, -0.2) is 0 Å². The fourth-order valence-corrected chi connectivity index (χ4v) is 9.14. The van der Waals surface area contributed by atoms with E-state index >= 15 is 0 Å². The Kier molecular flexibility index (Phi) is 8.64. The van der Waals surface area contributed by atoms with Gasteiger partial charge in [-0.2, -0.15) is 0 Å². The van der Waals surface area contributed by atoms with Gasteiger partial charge in [0.1, 0.15) is 0 Å². The van der Waals surface area contributed by atoms with Gasteiger partial charge in [0.05, 0.1) is 5.69 Å². The summed E-state index contributed by atoms with van der Waals surface area (Å²) < 4.78 is 15.3. The first kappa shape index (κ1) is 34.6. The van der Waals surface area contributed by atoms with Gasteiger partial charge in [0.2, 0.25) is 0 Å². The zero-order valence-electron chi connectivity index (χ0n) is 31.9. The number of benzene rings is 9. The van der Waals surface area contributed by atoms with Crippen LogP contribution in [0, 0.1) is 0 Å². The van der Waals surface area contributed by atoms with E-state index in [1.165, 1.54) is 20.2 Å². The third kappa shape index (κ3) is 6.54. The van der Waals surface area contributed by atoms with E-state index in [0.29, 0.717) is 23.0 Å². The monoisotopic (exact) mass is 776 g/mol. The van der Waals surface area contributed by atoms with E-state index < -0.39 is 0 Å². The molecule has 1 aliphatic heterocycles. The molecule has 11 rings (SSSR count). The van der Waals surface area contributed by atoms with Crippen molar-refractivity contribution in [1.82, 2.24) is 0 Å². The number of ether oxygens (including phenoxy) is 2. The van der Waals surface area contributed by atoms with Crippen LogP contribution >= 0.6 is 11.3 Å². The van der Waals surface area contributed by atoms with E-state index in [0.717, 1.165) is 56.4 Å². The van der Waals surface area contributed by atoms with Gasteiger partial charge in [0.15, 0.2) is 23.0 Å². The Labute approximate surface area is 347 Å². The van der Waals surface area contributed by atoms with Crippen LogP contribution in [0.15, 0.2) is 218 Å². The summed E-state index contributed by atoms with van der Waals surface area (Å²) in [6.45, 7) is 0. The van der Waals surface area contributed by atoms with Crippen LogP contribution in [0.2, 0.25) is 0 Å². The SMILES string of the molecule is c1ccc(-c2cc(-c3ccccc3)cc(N(c3ccc4c(c3)Oc3ccccc3O4)c3ccc4sc5ccc(N(c6ccccc6)c6ccccc6)cc5c4c3)c2)cc1. The van der Waals surface area contributed by atoms with Crippen molar-refractivity contribution in [3.8, 4) is 45.3 Å². The van der Waals surface area contributed by atoms with E-state index in [1.807, 2.05) is 41.7 Å². The largest absolute Gasteiger partial charge is 0.450 e. The zero-order chi connectivity index (χ0) is 39.1. The fraction of sp³-hybridized carbons (Fsp3) is 0. The van der Waals surface area contributed by atoms with Gasteiger partial charge >= 0.3 is 0 Å². The molecule has 59 heavy (non-hydrogen) atoms. The average Bonchev–Trinajstić information content (AvgIpc) is 3.67. The normalized spacial score (nSPS) is 11.7. The van der Waals surface area contributed by atoms with Gasteiger partial charge in [-0.1, -0.05) is 109 Å². The summed E-state index contributed by atoms with van der Waals surface area (Å²) in [6.07, 6.45) is 0. The maximum absolute atomic E-state index is 6.50. The molecular weight excluding hydrogens is 741 g/mol. The highest BCUT2D eigenvalue weighted by Crippen LogP contribution is 2.50. The molecule has 280 valence electrons. The van der Waals surface area contributed by atoms with Crippen molar-refractivity contribution in [2.24, 2.45) is 0 Å². The third-order valence-electron chi connectivity index (χ3n) is 10.8. The summed E-state index contributed by atoms with van der Waals surface area (Å²) in [5.74, 6) is 2.76. The molecule has 4 nitrogen and oxygen atoms in total. The molecule has 0 bridgehead atoms. The molecule has 0 N–H and O–H groups in total. The Morgan fingerprint density at radius 1 is 0.271 bits per heavy atom. The first-order chi connectivity index (χ1) is 29.2. The predicted octanol–water partition coefficient (Wildman–Crippen LogP) is 16.2. The highest BCUT2D eigenvalue weighted by atomic mass is 32.1. The molecule has 1 aromatic heterocycles. The Hall–Kier alpha value is -7.60. The second-order valence-corrected chi connectivity index (χ2v) is 15.7. The maximum Gasteiger partial charge on any atom is 0.172 e. The molecule has 0 fully saturated rings. The smallest absolute Gasteiger partial charge is 0.172 e. The Balaban J connectivity index is 1.11. The number of rotatable bonds is 8. The van der Waals surface area contributed by atoms with Gasteiger partial charge in [-0.25, -0.2) is 0 Å². The molecule has 2 heterocycles. The summed E-state index contributed by atoms with van der Waals surface area (Å²) in [7, 11) is 0. The lowest BCUT2D eigenvalue weighted by molar-refractivity contribution is 0.360. The van der Waals surface area contributed by atoms with E-state index in [9.17, 15) is 0 Å². The number of fused-ring (bicyclic) bond motifs is 5. The van der Waals surface area contributed by atoms with Gasteiger partial charge in [0.25, 0.3) is 0 Å². The number of hydrogen-bond donors (Lipinski definition) is 0. The molecule has 0 spiro atoms. The van der Waals surface area contributed by atoms with Crippen molar-refractivity contribution in [3.63, 3.8) is 0 Å². The third-order valence-corrected chi connectivity index (χ3v) is 12.0. The summed E-state index contributed by atoms with van der Waals surface area (Å²) in [5, 5.41) is 2.41. The molecular formula is C54H36N2O2S. The van der Waals surface area contributed by atoms with E-state index in [1.54, 1.807) is 0 Å². The topological polar surface area (TPSA) is 24.9 Å². The molecule has 0 saturated heterocycles. The number of thiophene rings is 1. The van der Waals surface area contributed by atoms with Crippen molar-refractivity contribution in [2.45, 2.75) is 0 Å². The Morgan fingerprint density at radius 3 is 1.20 bits per heavy atom. The van der Waals surface area contributed by atoms with Crippen LogP contribution in [0.5, 0.6) is 23.0 Å². The number of nitrogens with zero attached hydrogens (tertiary/aromatic N) is 2. The molecule has 0 amide bonds.